The van der Waals surface area contributed by atoms with Gasteiger partial charge in [-0.1, -0.05) is 42.3 Å². The average Bonchev–Trinajstić information content (AvgIpc) is 2.43. The van der Waals surface area contributed by atoms with Crippen LogP contribution in [0, 0.1) is 5.82 Å². The molecule has 1 atom stereocenters. The van der Waals surface area contributed by atoms with Crippen LogP contribution in [0.3, 0.4) is 0 Å². The fourth-order valence-corrected chi connectivity index (χ4v) is 3.26. The van der Waals surface area contributed by atoms with E-state index in [1.165, 1.54) is 30.9 Å². The van der Waals surface area contributed by atoms with E-state index < -0.39 is 0 Å². The highest BCUT2D eigenvalue weighted by Crippen LogP contribution is 2.41. The number of rotatable bonds is 4. The van der Waals surface area contributed by atoms with Crippen LogP contribution in [0.5, 0.6) is 0 Å². The summed E-state index contributed by atoms with van der Waals surface area (Å²) in [6, 6.07) is 12.9. The van der Waals surface area contributed by atoms with Crippen molar-refractivity contribution < 1.29 is 4.39 Å². The fraction of sp³-hybridized carbons (Fsp3) is 0.333. The molecule has 0 spiro atoms. The van der Waals surface area contributed by atoms with Crippen LogP contribution in [0.2, 0.25) is 5.02 Å². The van der Waals surface area contributed by atoms with Crippen molar-refractivity contribution >= 4 is 11.6 Å². The van der Waals surface area contributed by atoms with E-state index >= 15 is 0 Å². The number of halogens is 2. The normalized spacial score (nSPS) is 16.5. The minimum absolute atomic E-state index is 0.166. The summed E-state index contributed by atoms with van der Waals surface area (Å²) in [5.41, 5.74) is 3.10. The highest BCUT2D eigenvalue weighted by molar-refractivity contribution is 6.30. The quantitative estimate of drug-likeness (QED) is 0.833. The Morgan fingerprint density at radius 2 is 1.90 bits per heavy atom. The minimum atomic E-state index is -0.220. The summed E-state index contributed by atoms with van der Waals surface area (Å²) in [5, 5.41) is 3.81. The summed E-state index contributed by atoms with van der Waals surface area (Å²) in [6.45, 7) is 0. The van der Waals surface area contributed by atoms with Crippen LogP contribution in [0.15, 0.2) is 42.5 Å². The highest BCUT2D eigenvalue weighted by Gasteiger charge is 2.26. The molecule has 0 amide bonds. The summed E-state index contributed by atoms with van der Waals surface area (Å²) in [5.74, 6) is 0.390. The maximum absolute atomic E-state index is 14.2. The Bertz CT molecular complexity index is 637. The Kier molecular flexibility index (Phi) is 4.27. The molecule has 1 nitrogen and oxygen atoms in total. The van der Waals surface area contributed by atoms with Gasteiger partial charge in [0, 0.05) is 10.6 Å². The average molecular weight is 304 g/mol. The SMILES string of the molecule is CNC(c1cc(Cl)ccc1F)c1ccccc1C1CCC1. The molecule has 1 N–H and O–H groups in total. The lowest BCUT2D eigenvalue weighted by Crippen LogP contribution is -2.22. The van der Waals surface area contributed by atoms with E-state index in [2.05, 4.69) is 23.5 Å². The van der Waals surface area contributed by atoms with Gasteiger partial charge >= 0.3 is 0 Å². The van der Waals surface area contributed by atoms with E-state index in [1.54, 1.807) is 12.1 Å². The Hall–Kier alpha value is -1.38. The molecule has 1 aliphatic carbocycles. The van der Waals surface area contributed by atoms with E-state index in [-0.39, 0.29) is 11.9 Å². The zero-order chi connectivity index (χ0) is 14.8. The topological polar surface area (TPSA) is 12.0 Å². The third kappa shape index (κ3) is 2.83. The maximum Gasteiger partial charge on any atom is 0.128 e. The molecule has 110 valence electrons. The second-order valence-corrected chi connectivity index (χ2v) is 6.08. The van der Waals surface area contributed by atoms with Gasteiger partial charge in [0.05, 0.1) is 6.04 Å². The second-order valence-electron chi connectivity index (χ2n) is 5.64. The Morgan fingerprint density at radius 1 is 1.14 bits per heavy atom. The van der Waals surface area contributed by atoms with Gasteiger partial charge in [-0.2, -0.15) is 0 Å². The van der Waals surface area contributed by atoms with Crippen LogP contribution in [-0.4, -0.2) is 7.05 Å². The first kappa shape index (κ1) is 14.6. The first-order valence-corrected chi connectivity index (χ1v) is 7.79. The van der Waals surface area contributed by atoms with E-state index in [0.29, 0.717) is 16.5 Å². The third-order valence-electron chi connectivity index (χ3n) is 4.41. The third-order valence-corrected chi connectivity index (χ3v) is 4.64. The second kappa shape index (κ2) is 6.17. The fourth-order valence-electron chi connectivity index (χ4n) is 3.08. The molecule has 0 radical (unpaired) electrons. The molecule has 0 aliphatic heterocycles. The van der Waals surface area contributed by atoms with Crippen molar-refractivity contribution in [2.45, 2.75) is 31.2 Å². The van der Waals surface area contributed by atoms with Gasteiger partial charge in [0.25, 0.3) is 0 Å². The minimum Gasteiger partial charge on any atom is -0.309 e. The van der Waals surface area contributed by atoms with Crippen molar-refractivity contribution in [1.82, 2.24) is 5.32 Å². The molecule has 0 saturated heterocycles. The molecule has 1 saturated carbocycles. The van der Waals surface area contributed by atoms with Crippen molar-refractivity contribution in [2.24, 2.45) is 0 Å². The highest BCUT2D eigenvalue weighted by atomic mass is 35.5. The summed E-state index contributed by atoms with van der Waals surface area (Å²) in [6.07, 6.45) is 3.74. The van der Waals surface area contributed by atoms with Crippen LogP contribution in [0.4, 0.5) is 4.39 Å². The van der Waals surface area contributed by atoms with Gasteiger partial charge in [-0.25, -0.2) is 4.39 Å². The van der Waals surface area contributed by atoms with E-state index in [1.807, 2.05) is 13.1 Å². The number of hydrogen-bond acceptors (Lipinski definition) is 1. The van der Waals surface area contributed by atoms with Crippen molar-refractivity contribution in [1.29, 1.82) is 0 Å². The van der Waals surface area contributed by atoms with Gasteiger partial charge < -0.3 is 5.32 Å². The summed E-state index contributed by atoms with van der Waals surface area (Å²) < 4.78 is 14.2. The first-order chi connectivity index (χ1) is 10.2. The van der Waals surface area contributed by atoms with Crippen molar-refractivity contribution in [3.8, 4) is 0 Å². The van der Waals surface area contributed by atoms with Crippen molar-refractivity contribution in [3.05, 3.63) is 70.0 Å². The molecule has 0 bridgehead atoms. The zero-order valence-electron chi connectivity index (χ0n) is 12.1. The van der Waals surface area contributed by atoms with Gasteiger partial charge in [0.1, 0.15) is 5.82 Å². The standard InChI is InChI=1S/C18H19ClFN/c1-21-18(16-11-13(19)9-10-17(16)20)15-8-3-2-7-14(15)12-5-4-6-12/h2-3,7-12,18,21H,4-6H2,1H3. The van der Waals surface area contributed by atoms with Gasteiger partial charge in [-0.05, 0) is 55.1 Å². The lowest BCUT2D eigenvalue weighted by molar-refractivity contribution is 0.414. The van der Waals surface area contributed by atoms with Crippen LogP contribution in [0.25, 0.3) is 0 Å². The molecular formula is C18H19ClFN. The van der Waals surface area contributed by atoms with Crippen LogP contribution in [-0.2, 0) is 0 Å². The zero-order valence-corrected chi connectivity index (χ0v) is 12.8. The number of hydrogen-bond donors (Lipinski definition) is 1. The Labute approximate surface area is 130 Å². The largest absolute Gasteiger partial charge is 0.309 e. The lowest BCUT2D eigenvalue weighted by Gasteiger charge is -2.30. The molecule has 2 aromatic carbocycles. The van der Waals surface area contributed by atoms with Crippen LogP contribution >= 0.6 is 11.6 Å². The van der Waals surface area contributed by atoms with Crippen molar-refractivity contribution in [3.63, 3.8) is 0 Å². The molecule has 3 rings (SSSR count). The molecule has 2 aromatic rings. The summed E-state index contributed by atoms with van der Waals surface area (Å²) >= 11 is 6.05. The molecule has 1 unspecified atom stereocenters. The molecule has 0 heterocycles. The van der Waals surface area contributed by atoms with Gasteiger partial charge in [-0.15, -0.1) is 0 Å². The molecule has 3 heteroatoms. The summed E-state index contributed by atoms with van der Waals surface area (Å²) in [7, 11) is 1.86. The smallest absolute Gasteiger partial charge is 0.128 e. The predicted molar refractivity (Wildman–Crippen MR) is 85.3 cm³/mol. The monoisotopic (exact) mass is 303 g/mol. The molecule has 21 heavy (non-hydrogen) atoms. The van der Waals surface area contributed by atoms with E-state index in [0.717, 1.165) is 5.56 Å². The van der Waals surface area contributed by atoms with Gasteiger partial charge in [-0.3, -0.25) is 0 Å². The molecule has 0 aromatic heterocycles. The summed E-state index contributed by atoms with van der Waals surface area (Å²) in [4.78, 5) is 0. The molecular weight excluding hydrogens is 285 g/mol. The maximum atomic E-state index is 14.2. The first-order valence-electron chi connectivity index (χ1n) is 7.41. The van der Waals surface area contributed by atoms with E-state index in [4.69, 9.17) is 11.6 Å². The Morgan fingerprint density at radius 3 is 2.57 bits per heavy atom. The molecule has 1 aliphatic rings. The molecule has 1 fully saturated rings. The van der Waals surface area contributed by atoms with Gasteiger partial charge in [0.15, 0.2) is 0 Å². The van der Waals surface area contributed by atoms with Crippen LogP contribution < -0.4 is 5.32 Å². The Balaban J connectivity index is 2.06. The number of nitrogens with one attached hydrogen (secondary N) is 1. The van der Waals surface area contributed by atoms with E-state index in [9.17, 15) is 4.39 Å². The number of benzene rings is 2. The van der Waals surface area contributed by atoms with Crippen molar-refractivity contribution in [2.75, 3.05) is 7.05 Å². The van der Waals surface area contributed by atoms with Crippen LogP contribution in [0.1, 0.15) is 47.9 Å². The van der Waals surface area contributed by atoms with Gasteiger partial charge in [0.2, 0.25) is 0 Å². The lowest BCUT2D eigenvalue weighted by atomic mass is 9.76. The predicted octanol–water partition coefficient (Wildman–Crippen LogP) is 5.06.